The van der Waals surface area contributed by atoms with E-state index in [-0.39, 0.29) is 24.1 Å². The van der Waals surface area contributed by atoms with Gasteiger partial charge in [0.15, 0.2) is 18.1 Å². The minimum Gasteiger partial charge on any atom is -0.490 e. The Morgan fingerprint density at radius 3 is 2.16 bits per heavy atom. The average Bonchev–Trinajstić information content (AvgIpc) is 2.78. The lowest BCUT2D eigenvalue weighted by atomic mass is 10.0. The fraction of sp³-hybridized carbons (Fsp3) is 0.391. The quantitative estimate of drug-likeness (QED) is 0.695. The molecule has 2 aromatic carbocycles. The third kappa shape index (κ3) is 6.15. The molecule has 1 aliphatic rings. The summed E-state index contributed by atoms with van der Waals surface area (Å²) in [7, 11) is 0. The second-order valence-corrected chi connectivity index (χ2v) is 7.37. The van der Waals surface area contributed by atoms with Gasteiger partial charge in [-0.05, 0) is 56.2 Å². The van der Waals surface area contributed by atoms with Gasteiger partial charge in [0, 0.05) is 24.7 Å². The zero-order chi connectivity index (χ0) is 23.1. The maximum Gasteiger partial charge on any atom is 0.416 e. The van der Waals surface area contributed by atoms with E-state index in [0.717, 1.165) is 24.3 Å². The van der Waals surface area contributed by atoms with Crippen LogP contribution in [0.4, 0.5) is 13.2 Å². The first kappa shape index (κ1) is 23.4. The number of benzene rings is 2. The van der Waals surface area contributed by atoms with Crippen molar-refractivity contribution < 1.29 is 32.2 Å². The lowest BCUT2D eigenvalue weighted by Crippen LogP contribution is -2.47. The number of ether oxygens (including phenoxy) is 2. The number of nitrogens with zero attached hydrogens (tertiary/aromatic N) is 1. The molecule has 1 N–H and O–H groups in total. The van der Waals surface area contributed by atoms with Crippen molar-refractivity contribution in [3.8, 4) is 11.5 Å². The Bertz CT molecular complexity index is 924. The molecule has 0 saturated carbocycles. The summed E-state index contributed by atoms with van der Waals surface area (Å²) in [5.41, 5.74) is -0.634. The first-order valence-electron chi connectivity index (χ1n) is 10.4. The molecule has 1 fully saturated rings. The van der Waals surface area contributed by atoms with Crippen molar-refractivity contribution in [3.05, 3.63) is 59.7 Å². The van der Waals surface area contributed by atoms with Crippen LogP contribution in [0, 0.1) is 0 Å². The first-order chi connectivity index (χ1) is 15.3. The minimum atomic E-state index is -4.44. The monoisotopic (exact) mass is 450 g/mol. The molecule has 0 unspecified atom stereocenters. The molecule has 2 amide bonds. The molecule has 32 heavy (non-hydrogen) atoms. The van der Waals surface area contributed by atoms with E-state index < -0.39 is 17.6 Å². The van der Waals surface area contributed by atoms with Crippen molar-refractivity contribution in [1.82, 2.24) is 10.2 Å². The van der Waals surface area contributed by atoms with Gasteiger partial charge in [0.2, 0.25) is 0 Å². The Morgan fingerprint density at radius 1 is 1.00 bits per heavy atom. The van der Waals surface area contributed by atoms with Crippen LogP contribution in [0.25, 0.3) is 0 Å². The number of carbonyl (C=O) groups excluding carboxylic acids is 2. The van der Waals surface area contributed by atoms with Gasteiger partial charge >= 0.3 is 6.18 Å². The molecule has 1 heterocycles. The van der Waals surface area contributed by atoms with Crippen molar-refractivity contribution in [1.29, 1.82) is 0 Å². The Kier molecular flexibility index (Phi) is 7.61. The van der Waals surface area contributed by atoms with Crippen LogP contribution in [-0.2, 0) is 11.0 Å². The van der Waals surface area contributed by atoms with Crippen molar-refractivity contribution in [2.75, 3.05) is 26.3 Å². The van der Waals surface area contributed by atoms with Crippen molar-refractivity contribution in [2.45, 2.75) is 32.0 Å². The van der Waals surface area contributed by atoms with E-state index in [0.29, 0.717) is 44.0 Å². The number of halogens is 3. The van der Waals surface area contributed by atoms with Crippen LogP contribution < -0.4 is 14.8 Å². The van der Waals surface area contributed by atoms with E-state index >= 15 is 0 Å². The highest BCUT2D eigenvalue weighted by Crippen LogP contribution is 2.29. The van der Waals surface area contributed by atoms with Gasteiger partial charge in [0.1, 0.15) is 0 Å². The summed E-state index contributed by atoms with van der Waals surface area (Å²) in [6.45, 7) is 3.13. The Morgan fingerprint density at radius 2 is 1.59 bits per heavy atom. The van der Waals surface area contributed by atoms with Gasteiger partial charge in [-0.25, -0.2) is 0 Å². The molecule has 172 valence electrons. The SMILES string of the molecule is CCOc1ccccc1OCC(=O)N1CCC(NC(=O)c2ccc(C(F)(F)F)cc2)CC1. The summed E-state index contributed by atoms with van der Waals surface area (Å²) >= 11 is 0. The highest BCUT2D eigenvalue weighted by molar-refractivity contribution is 5.94. The van der Waals surface area contributed by atoms with Crippen molar-refractivity contribution in [3.63, 3.8) is 0 Å². The van der Waals surface area contributed by atoms with Gasteiger partial charge in [-0.15, -0.1) is 0 Å². The normalized spacial score (nSPS) is 14.7. The average molecular weight is 450 g/mol. The van der Waals surface area contributed by atoms with Crippen LogP contribution in [0.5, 0.6) is 11.5 Å². The molecule has 0 radical (unpaired) electrons. The van der Waals surface area contributed by atoms with Crippen LogP contribution in [-0.4, -0.2) is 49.1 Å². The number of nitrogens with one attached hydrogen (secondary N) is 1. The lowest BCUT2D eigenvalue weighted by Gasteiger charge is -2.32. The molecule has 9 heteroatoms. The van der Waals surface area contributed by atoms with E-state index in [1.54, 1.807) is 23.1 Å². The lowest BCUT2D eigenvalue weighted by molar-refractivity contribution is -0.137. The second kappa shape index (κ2) is 10.4. The summed E-state index contributed by atoms with van der Waals surface area (Å²) in [5.74, 6) is 0.483. The number of amides is 2. The van der Waals surface area contributed by atoms with E-state index in [9.17, 15) is 22.8 Å². The number of hydrogen-bond donors (Lipinski definition) is 1. The zero-order valence-corrected chi connectivity index (χ0v) is 17.7. The van der Waals surface area contributed by atoms with E-state index in [1.807, 2.05) is 13.0 Å². The summed E-state index contributed by atoms with van der Waals surface area (Å²) in [6, 6.07) is 11.1. The van der Waals surface area contributed by atoms with Crippen molar-refractivity contribution >= 4 is 11.8 Å². The molecule has 6 nitrogen and oxygen atoms in total. The Hall–Kier alpha value is -3.23. The van der Waals surface area contributed by atoms with Crippen LogP contribution in [0.1, 0.15) is 35.7 Å². The maximum absolute atomic E-state index is 12.7. The molecular formula is C23H25F3N2O4. The molecule has 0 bridgehead atoms. The Labute approximate surface area is 184 Å². The number of para-hydroxylation sites is 2. The molecule has 0 aliphatic carbocycles. The molecule has 2 aromatic rings. The van der Waals surface area contributed by atoms with Gasteiger partial charge in [0.25, 0.3) is 11.8 Å². The number of rotatable bonds is 7. The highest BCUT2D eigenvalue weighted by atomic mass is 19.4. The number of likely N-dealkylation sites (tertiary alicyclic amines) is 1. The minimum absolute atomic E-state index is 0.118. The summed E-state index contributed by atoms with van der Waals surface area (Å²) in [5, 5.41) is 2.83. The van der Waals surface area contributed by atoms with Crippen molar-refractivity contribution in [2.24, 2.45) is 0 Å². The highest BCUT2D eigenvalue weighted by Gasteiger charge is 2.30. The van der Waals surface area contributed by atoms with Gasteiger partial charge in [-0.1, -0.05) is 12.1 Å². The van der Waals surface area contributed by atoms with Crippen LogP contribution in [0.15, 0.2) is 48.5 Å². The first-order valence-corrected chi connectivity index (χ1v) is 10.4. The Balaban J connectivity index is 1.45. The third-order valence-electron chi connectivity index (χ3n) is 5.16. The van der Waals surface area contributed by atoms with E-state index in [1.165, 1.54) is 0 Å². The molecule has 0 atom stereocenters. The third-order valence-corrected chi connectivity index (χ3v) is 5.16. The smallest absolute Gasteiger partial charge is 0.416 e. The summed E-state index contributed by atoms with van der Waals surface area (Å²) in [6.07, 6.45) is -3.34. The van der Waals surface area contributed by atoms with Gasteiger partial charge in [0.05, 0.1) is 12.2 Å². The zero-order valence-electron chi connectivity index (χ0n) is 17.7. The second-order valence-electron chi connectivity index (χ2n) is 7.37. The summed E-state index contributed by atoms with van der Waals surface area (Å²) < 4.78 is 49.1. The topological polar surface area (TPSA) is 67.9 Å². The standard InChI is InChI=1S/C23H25F3N2O4/c1-2-31-19-5-3-4-6-20(19)32-15-21(29)28-13-11-18(12-14-28)27-22(30)16-7-9-17(10-8-16)23(24,25)26/h3-10,18H,2,11-15H2,1H3,(H,27,30). The van der Waals surface area contributed by atoms with E-state index in [4.69, 9.17) is 9.47 Å². The van der Waals surface area contributed by atoms with Crippen LogP contribution in [0.3, 0.4) is 0 Å². The fourth-order valence-corrected chi connectivity index (χ4v) is 3.43. The predicted molar refractivity (Wildman–Crippen MR) is 112 cm³/mol. The maximum atomic E-state index is 12.7. The van der Waals surface area contributed by atoms with Crippen LogP contribution in [0.2, 0.25) is 0 Å². The van der Waals surface area contributed by atoms with E-state index in [2.05, 4.69) is 5.32 Å². The van der Waals surface area contributed by atoms with Gasteiger partial charge in [-0.2, -0.15) is 13.2 Å². The van der Waals surface area contributed by atoms with Gasteiger partial charge < -0.3 is 19.7 Å². The largest absolute Gasteiger partial charge is 0.490 e. The number of carbonyl (C=O) groups is 2. The number of hydrogen-bond acceptors (Lipinski definition) is 4. The number of piperidine rings is 1. The molecule has 1 saturated heterocycles. The summed E-state index contributed by atoms with van der Waals surface area (Å²) in [4.78, 5) is 26.5. The molecule has 0 aromatic heterocycles. The molecule has 0 spiro atoms. The van der Waals surface area contributed by atoms with Crippen LogP contribution >= 0.6 is 0 Å². The molecular weight excluding hydrogens is 425 g/mol. The molecule has 3 rings (SSSR count). The predicted octanol–water partition coefficient (Wildman–Crippen LogP) is 3.90. The fourth-order valence-electron chi connectivity index (χ4n) is 3.43. The molecule has 1 aliphatic heterocycles. The number of alkyl halides is 3. The van der Waals surface area contributed by atoms with Gasteiger partial charge in [-0.3, -0.25) is 9.59 Å².